The second-order valence-electron chi connectivity index (χ2n) is 7.12. The molecule has 1 atom stereocenters. The molecule has 0 fully saturated rings. The average molecular weight is 306 g/mol. The molecular weight excluding hydrogens is 280 g/mol. The molecule has 1 aliphatic rings. The van der Waals surface area contributed by atoms with Crippen molar-refractivity contribution in [1.82, 2.24) is 0 Å². The molecule has 3 rings (SSSR count). The average Bonchev–Trinajstić information content (AvgIpc) is 2.70. The van der Waals surface area contributed by atoms with Crippen LogP contribution in [0, 0.1) is 13.8 Å². The number of para-hydroxylation sites is 1. The van der Waals surface area contributed by atoms with Crippen molar-refractivity contribution in [3.8, 4) is 0 Å². The first-order chi connectivity index (χ1) is 10.9. The lowest BCUT2D eigenvalue weighted by Crippen LogP contribution is -2.37. The van der Waals surface area contributed by atoms with Crippen LogP contribution in [0.25, 0.3) is 0 Å². The Morgan fingerprint density at radius 1 is 1.09 bits per heavy atom. The van der Waals surface area contributed by atoms with Crippen molar-refractivity contribution in [3.05, 3.63) is 71.4 Å². The van der Waals surface area contributed by atoms with Crippen LogP contribution in [0.4, 0.5) is 11.4 Å². The second kappa shape index (κ2) is 5.77. The summed E-state index contributed by atoms with van der Waals surface area (Å²) >= 11 is 0. The van der Waals surface area contributed by atoms with Crippen LogP contribution in [0.5, 0.6) is 0 Å². The molecule has 0 radical (unpaired) electrons. The molecule has 0 aromatic heterocycles. The molecule has 0 bridgehead atoms. The van der Waals surface area contributed by atoms with Gasteiger partial charge in [-0.1, -0.05) is 49.7 Å². The molecule has 2 nitrogen and oxygen atoms in total. The van der Waals surface area contributed by atoms with Crippen LogP contribution in [0.1, 0.15) is 30.5 Å². The quantitative estimate of drug-likeness (QED) is 0.856. The number of nitrogens with zero attached hydrogens (tertiary/aromatic N) is 1. The number of hydrogen-bond donors (Lipinski definition) is 1. The van der Waals surface area contributed by atoms with E-state index in [0.29, 0.717) is 6.04 Å². The van der Waals surface area contributed by atoms with Crippen LogP contribution in [0.15, 0.2) is 54.7 Å². The SMILES string of the molecule is Cc1ccc(N/C=C/C2N(C)c3ccccc3C2(C)C)c(C)c1. The Morgan fingerprint density at radius 2 is 1.83 bits per heavy atom. The smallest absolute Gasteiger partial charge is 0.0579 e. The summed E-state index contributed by atoms with van der Waals surface area (Å²) in [6, 6.07) is 15.5. The van der Waals surface area contributed by atoms with Gasteiger partial charge in [0.05, 0.1) is 6.04 Å². The van der Waals surface area contributed by atoms with Gasteiger partial charge in [0, 0.05) is 23.8 Å². The number of likely N-dealkylation sites (N-methyl/N-ethyl adjacent to an activating group) is 1. The molecule has 0 amide bonds. The predicted octanol–water partition coefficient (Wildman–Crippen LogP) is 5.03. The number of hydrogen-bond acceptors (Lipinski definition) is 2. The van der Waals surface area contributed by atoms with E-state index in [1.165, 1.54) is 28.1 Å². The summed E-state index contributed by atoms with van der Waals surface area (Å²) in [4.78, 5) is 2.37. The molecule has 2 heteroatoms. The predicted molar refractivity (Wildman–Crippen MR) is 100 cm³/mol. The minimum absolute atomic E-state index is 0.103. The first kappa shape index (κ1) is 15.7. The van der Waals surface area contributed by atoms with Gasteiger partial charge in [-0.25, -0.2) is 0 Å². The summed E-state index contributed by atoms with van der Waals surface area (Å²) in [5.41, 5.74) is 6.59. The maximum atomic E-state index is 3.44. The van der Waals surface area contributed by atoms with Gasteiger partial charge in [0.15, 0.2) is 0 Å². The zero-order chi connectivity index (χ0) is 16.6. The van der Waals surface area contributed by atoms with Crippen LogP contribution >= 0.6 is 0 Å². The fraction of sp³-hybridized carbons (Fsp3) is 0.333. The molecule has 2 aromatic carbocycles. The highest BCUT2D eigenvalue weighted by Gasteiger charge is 2.41. The van der Waals surface area contributed by atoms with E-state index in [-0.39, 0.29) is 5.41 Å². The van der Waals surface area contributed by atoms with Crippen molar-refractivity contribution in [2.75, 3.05) is 17.3 Å². The summed E-state index contributed by atoms with van der Waals surface area (Å²) in [6.45, 7) is 8.91. The van der Waals surface area contributed by atoms with E-state index >= 15 is 0 Å². The van der Waals surface area contributed by atoms with Gasteiger partial charge in [-0.2, -0.15) is 0 Å². The summed E-state index contributed by atoms with van der Waals surface area (Å²) < 4.78 is 0. The van der Waals surface area contributed by atoms with Crippen molar-refractivity contribution in [2.45, 2.75) is 39.2 Å². The van der Waals surface area contributed by atoms with Gasteiger partial charge in [-0.05, 0) is 49.4 Å². The summed E-state index contributed by atoms with van der Waals surface area (Å²) in [6.07, 6.45) is 4.37. The Morgan fingerprint density at radius 3 is 2.52 bits per heavy atom. The Labute approximate surface area is 139 Å². The normalized spacial score (nSPS) is 19.2. The number of nitrogens with one attached hydrogen (secondary N) is 1. The summed E-state index contributed by atoms with van der Waals surface area (Å²) in [7, 11) is 2.18. The molecule has 0 saturated heterocycles. The molecule has 120 valence electrons. The maximum absolute atomic E-state index is 3.44. The fourth-order valence-corrected chi connectivity index (χ4v) is 3.69. The number of aryl methyl sites for hydroxylation is 2. The van der Waals surface area contributed by atoms with Gasteiger partial charge in [-0.3, -0.25) is 0 Å². The third kappa shape index (κ3) is 2.74. The molecule has 0 spiro atoms. The van der Waals surface area contributed by atoms with Crippen molar-refractivity contribution in [2.24, 2.45) is 0 Å². The molecule has 2 aromatic rings. The Balaban J connectivity index is 1.80. The minimum atomic E-state index is 0.103. The lowest BCUT2D eigenvalue weighted by molar-refractivity contribution is 0.487. The molecule has 23 heavy (non-hydrogen) atoms. The molecule has 0 aliphatic carbocycles. The fourth-order valence-electron chi connectivity index (χ4n) is 3.69. The van der Waals surface area contributed by atoms with E-state index in [9.17, 15) is 0 Å². The zero-order valence-electron chi connectivity index (χ0n) is 14.7. The van der Waals surface area contributed by atoms with Crippen LogP contribution in [0.3, 0.4) is 0 Å². The van der Waals surface area contributed by atoms with E-state index in [0.717, 1.165) is 0 Å². The monoisotopic (exact) mass is 306 g/mol. The zero-order valence-corrected chi connectivity index (χ0v) is 14.7. The van der Waals surface area contributed by atoms with Crippen molar-refractivity contribution in [1.29, 1.82) is 0 Å². The van der Waals surface area contributed by atoms with Gasteiger partial charge >= 0.3 is 0 Å². The Hall–Kier alpha value is -2.22. The number of rotatable bonds is 3. The second-order valence-corrected chi connectivity index (χ2v) is 7.12. The van der Waals surface area contributed by atoms with Gasteiger partial charge < -0.3 is 10.2 Å². The molecule has 1 N–H and O–H groups in total. The van der Waals surface area contributed by atoms with E-state index in [2.05, 4.69) is 99.7 Å². The van der Waals surface area contributed by atoms with Crippen molar-refractivity contribution >= 4 is 11.4 Å². The lowest BCUT2D eigenvalue weighted by atomic mass is 9.80. The molecular formula is C21H26N2. The maximum Gasteiger partial charge on any atom is 0.0579 e. The third-order valence-electron chi connectivity index (χ3n) is 5.03. The highest BCUT2D eigenvalue weighted by molar-refractivity contribution is 5.65. The van der Waals surface area contributed by atoms with E-state index in [4.69, 9.17) is 0 Å². The van der Waals surface area contributed by atoms with Gasteiger partial charge in [-0.15, -0.1) is 0 Å². The standard InChI is InChI=1S/C21H26N2/c1-15-10-11-18(16(2)14-15)22-13-12-20-21(3,4)17-8-6-7-9-19(17)23(20)5/h6-14,20,22H,1-5H3/b13-12+. The molecule has 1 unspecified atom stereocenters. The lowest BCUT2D eigenvalue weighted by Gasteiger charge is -2.29. The number of anilines is 2. The molecule has 1 heterocycles. The Bertz CT molecular complexity index is 743. The van der Waals surface area contributed by atoms with Crippen LogP contribution in [-0.4, -0.2) is 13.1 Å². The first-order valence-electron chi connectivity index (χ1n) is 8.24. The van der Waals surface area contributed by atoms with E-state index in [1.807, 2.05) is 0 Å². The Kier molecular flexibility index (Phi) is 3.93. The van der Waals surface area contributed by atoms with Gasteiger partial charge in [0.25, 0.3) is 0 Å². The topological polar surface area (TPSA) is 15.3 Å². The minimum Gasteiger partial charge on any atom is -0.367 e. The summed E-state index contributed by atoms with van der Waals surface area (Å²) in [5, 5.41) is 3.44. The first-order valence-corrected chi connectivity index (χ1v) is 8.24. The molecule has 0 saturated carbocycles. The van der Waals surface area contributed by atoms with E-state index in [1.54, 1.807) is 0 Å². The highest BCUT2D eigenvalue weighted by atomic mass is 15.2. The van der Waals surface area contributed by atoms with Crippen molar-refractivity contribution in [3.63, 3.8) is 0 Å². The van der Waals surface area contributed by atoms with Gasteiger partial charge in [0.2, 0.25) is 0 Å². The van der Waals surface area contributed by atoms with Crippen LogP contribution in [0.2, 0.25) is 0 Å². The van der Waals surface area contributed by atoms with Crippen LogP contribution < -0.4 is 10.2 Å². The van der Waals surface area contributed by atoms with Crippen molar-refractivity contribution < 1.29 is 0 Å². The summed E-state index contributed by atoms with van der Waals surface area (Å²) in [5.74, 6) is 0. The highest BCUT2D eigenvalue weighted by Crippen LogP contribution is 2.44. The largest absolute Gasteiger partial charge is 0.367 e. The third-order valence-corrected chi connectivity index (χ3v) is 5.03. The van der Waals surface area contributed by atoms with E-state index < -0.39 is 0 Å². The number of fused-ring (bicyclic) bond motifs is 1. The molecule has 1 aliphatic heterocycles. The van der Waals surface area contributed by atoms with Crippen LogP contribution in [-0.2, 0) is 5.41 Å². The van der Waals surface area contributed by atoms with Gasteiger partial charge in [0.1, 0.15) is 0 Å². The number of benzene rings is 2.